The van der Waals surface area contributed by atoms with Crippen molar-refractivity contribution in [2.45, 2.75) is 73.2 Å². The van der Waals surface area contributed by atoms with Crippen LogP contribution in [0.4, 0.5) is 13.2 Å². The van der Waals surface area contributed by atoms with Gasteiger partial charge in [-0.15, -0.1) is 0 Å². The smallest absolute Gasteiger partial charge is 0.430 e. The average molecular weight is 489 g/mol. The lowest BCUT2D eigenvalue weighted by molar-refractivity contribution is -0.344. The van der Waals surface area contributed by atoms with Gasteiger partial charge in [0.15, 0.2) is 14.7 Å². The number of benzene rings is 3. The molecule has 0 amide bonds. The number of hydrogen-bond donors (Lipinski definition) is 0. The summed E-state index contributed by atoms with van der Waals surface area (Å²) in [5.41, 5.74) is 2.90. The molecule has 0 aromatic heterocycles. The van der Waals surface area contributed by atoms with Crippen LogP contribution in [0.2, 0.25) is 0 Å². The van der Waals surface area contributed by atoms with E-state index in [9.17, 15) is 13.2 Å². The second-order valence-corrected chi connectivity index (χ2v) is 9.93. The molecule has 0 saturated heterocycles. The van der Waals surface area contributed by atoms with E-state index in [1.54, 1.807) is 0 Å². The lowest BCUT2D eigenvalue weighted by Crippen LogP contribution is -2.37. The number of carbonyl (C=O) groups is 1. The van der Waals surface area contributed by atoms with Crippen molar-refractivity contribution in [3.63, 3.8) is 0 Å². The first-order chi connectivity index (χ1) is 16.3. The number of aliphatic carboxylic acids is 1. The number of carbonyl (C=O) groups excluding carboxylic acids is 1. The van der Waals surface area contributed by atoms with Crippen LogP contribution in [0.3, 0.4) is 0 Å². The molecular formula is C28H31F3O2S. The Bertz CT molecular complexity index is 933. The van der Waals surface area contributed by atoms with Gasteiger partial charge in [0.25, 0.3) is 0 Å². The minimum Gasteiger partial charge on any atom is -0.542 e. The Morgan fingerprint density at radius 3 is 1.38 bits per heavy atom. The van der Waals surface area contributed by atoms with Gasteiger partial charge in [0.05, 0.1) is 10.9 Å². The van der Waals surface area contributed by atoms with Crippen LogP contribution < -0.4 is 5.11 Å². The lowest BCUT2D eigenvalue weighted by Gasteiger charge is -2.09. The molecule has 0 atom stereocenters. The first-order valence-corrected chi connectivity index (χ1v) is 12.7. The van der Waals surface area contributed by atoms with Crippen LogP contribution in [0.25, 0.3) is 0 Å². The van der Waals surface area contributed by atoms with Gasteiger partial charge in [-0.2, -0.15) is 13.2 Å². The highest BCUT2D eigenvalue weighted by atomic mass is 32.2. The maximum atomic E-state index is 10.5. The van der Waals surface area contributed by atoms with Gasteiger partial charge in [0.1, 0.15) is 5.97 Å². The predicted octanol–water partition coefficient (Wildman–Crippen LogP) is 6.77. The van der Waals surface area contributed by atoms with Crippen LogP contribution in [0.5, 0.6) is 0 Å². The van der Waals surface area contributed by atoms with Gasteiger partial charge in [0.2, 0.25) is 0 Å². The summed E-state index contributed by atoms with van der Waals surface area (Å²) in [5, 5.41) is 8.78. The number of carboxylic acids is 1. The molecule has 0 saturated carbocycles. The van der Waals surface area contributed by atoms with E-state index < -0.39 is 12.1 Å². The highest BCUT2D eigenvalue weighted by Gasteiger charge is 2.29. The highest BCUT2D eigenvalue weighted by molar-refractivity contribution is 7.97. The van der Waals surface area contributed by atoms with Crippen molar-refractivity contribution < 1.29 is 23.1 Å². The van der Waals surface area contributed by atoms with Crippen molar-refractivity contribution in [3.05, 3.63) is 90.0 Å². The molecule has 0 N–H and O–H groups in total. The van der Waals surface area contributed by atoms with E-state index in [1.807, 2.05) is 0 Å². The van der Waals surface area contributed by atoms with Gasteiger partial charge in [-0.3, -0.25) is 0 Å². The largest absolute Gasteiger partial charge is 0.542 e. The Balaban J connectivity index is 0.000000509. The summed E-state index contributed by atoms with van der Waals surface area (Å²) in [7, 11) is -0.0426. The standard InChI is InChI=1S/C26H31S.C2HF3O2/c1-3-5-10-22-14-18-25(19-15-22)27(24-12-8-7-9-13-24)26-20-16-23(17-21-26)11-6-4-2;3-2(4,5)1(6)7/h7-9,12-21H,3-6,10-11H2,1-2H3;(H,6,7)/q+1;/p-1. The fourth-order valence-electron chi connectivity index (χ4n) is 3.31. The zero-order chi connectivity index (χ0) is 25.0. The van der Waals surface area contributed by atoms with Gasteiger partial charge >= 0.3 is 6.18 Å². The van der Waals surface area contributed by atoms with Gasteiger partial charge in [0, 0.05) is 0 Å². The summed E-state index contributed by atoms with van der Waals surface area (Å²) in [4.78, 5) is 13.0. The molecule has 0 aliphatic rings. The van der Waals surface area contributed by atoms with Gasteiger partial charge in [-0.25, -0.2) is 0 Å². The summed E-state index contributed by atoms with van der Waals surface area (Å²) in [6, 6.07) is 29.6. The number of aryl methyl sites for hydroxylation is 2. The molecule has 0 unspecified atom stereocenters. The fraction of sp³-hybridized carbons (Fsp3) is 0.321. The molecular weight excluding hydrogens is 457 g/mol. The molecule has 0 aliphatic heterocycles. The number of rotatable bonds is 9. The third-order valence-electron chi connectivity index (χ3n) is 5.17. The van der Waals surface area contributed by atoms with E-state index in [1.165, 1.54) is 64.3 Å². The van der Waals surface area contributed by atoms with E-state index in [-0.39, 0.29) is 10.9 Å². The first-order valence-electron chi connectivity index (χ1n) is 11.5. The van der Waals surface area contributed by atoms with Crippen molar-refractivity contribution in [2.24, 2.45) is 0 Å². The minimum absolute atomic E-state index is 0.0426. The van der Waals surface area contributed by atoms with Crippen molar-refractivity contribution in [3.8, 4) is 0 Å². The van der Waals surface area contributed by atoms with E-state index in [0.717, 1.165) is 0 Å². The van der Waals surface area contributed by atoms with Crippen LogP contribution in [-0.4, -0.2) is 12.1 Å². The third-order valence-corrected chi connectivity index (χ3v) is 7.40. The molecule has 3 rings (SSSR count). The Kier molecular flexibility index (Phi) is 11.2. The number of alkyl halides is 3. The van der Waals surface area contributed by atoms with Crippen molar-refractivity contribution >= 4 is 16.9 Å². The maximum absolute atomic E-state index is 10.5. The van der Waals surface area contributed by atoms with Gasteiger partial charge in [-0.1, -0.05) is 69.2 Å². The molecule has 0 fully saturated rings. The van der Waals surface area contributed by atoms with Crippen molar-refractivity contribution in [2.75, 3.05) is 0 Å². The third kappa shape index (κ3) is 8.90. The van der Waals surface area contributed by atoms with Crippen molar-refractivity contribution in [1.29, 1.82) is 0 Å². The minimum atomic E-state index is -5.19. The van der Waals surface area contributed by atoms with Crippen LogP contribution in [0.1, 0.15) is 50.7 Å². The van der Waals surface area contributed by atoms with Crippen LogP contribution >= 0.6 is 0 Å². The average Bonchev–Trinajstić information content (AvgIpc) is 2.84. The molecule has 3 aromatic carbocycles. The second kappa shape index (κ2) is 13.9. The predicted molar refractivity (Wildman–Crippen MR) is 130 cm³/mol. The molecule has 0 radical (unpaired) electrons. The Morgan fingerprint density at radius 1 is 0.706 bits per heavy atom. The first kappa shape index (κ1) is 27.5. The zero-order valence-corrected chi connectivity index (χ0v) is 20.4. The zero-order valence-electron chi connectivity index (χ0n) is 19.6. The fourth-order valence-corrected chi connectivity index (χ4v) is 5.37. The highest BCUT2D eigenvalue weighted by Crippen LogP contribution is 2.31. The molecule has 2 nitrogen and oxygen atoms in total. The number of unbranched alkanes of at least 4 members (excludes halogenated alkanes) is 2. The van der Waals surface area contributed by atoms with Gasteiger partial charge in [-0.05, 0) is 73.2 Å². The van der Waals surface area contributed by atoms with Gasteiger partial charge < -0.3 is 9.90 Å². The van der Waals surface area contributed by atoms with E-state index >= 15 is 0 Å². The van der Waals surface area contributed by atoms with Crippen LogP contribution in [0.15, 0.2) is 93.5 Å². The molecule has 182 valence electrons. The number of hydrogen-bond acceptors (Lipinski definition) is 2. The number of carboxylic acid groups (broad SMARTS) is 1. The van der Waals surface area contributed by atoms with E-state index in [4.69, 9.17) is 9.90 Å². The molecule has 0 bridgehead atoms. The molecule has 6 heteroatoms. The molecule has 3 aromatic rings. The van der Waals surface area contributed by atoms with E-state index in [0.29, 0.717) is 0 Å². The Hall–Kier alpha value is -2.73. The quantitative estimate of drug-likeness (QED) is 0.312. The Labute approximate surface area is 203 Å². The Morgan fingerprint density at radius 2 is 1.06 bits per heavy atom. The lowest BCUT2D eigenvalue weighted by atomic mass is 10.1. The van der Waals surface area contributed by atoms with Crippen molar-refractivity contribution in [1.82, 2.24) is 0 Å². The summed E-state index contributed by atoms with van der Waals surface area (Å²) in [5.74, 6) is -3.01. The van der Waals surface area contributed by atoms with Crippen LogP contribution in [-0.2, 0) is 28.5 Å². The van der Waals surface area contributed by atoms with E-state index in [2.05, 4.69) is 92.7 Å². The summed E-state index contributed by atoms with van der Waals surface area (Å²) in [6.45, 7) is 4.51. The molecule has 0 aliphatic carbocycles. The maximum Gasteiger partial charge on any atom is 0.430 e. The second-order valence-electron chi connectivity index (χ2n) is 7.90. The SMILES string of the molecule is CCCCc1ccc([S+](c2ccccc2)c2ccc(CCCC)cc2)cc1.O=C([O-])C(F)(F)F. The molecule has 0 spiro atoms. The number of halogens is 3. The molecule has 34 heavy (non-hydrogen) atoms. The molecule has 0 heterocycles. The summed E-state index contributed by atoms with van der Waals surface area (Å²) < 4.78 is 31.5. The summed E-state index contributed by atoms with van der Waals surface area (Å²) in [6.07, 6.45) is 2.21. The monoisotopic (exact) mass is 488 g/mol. The normalized spacial score (nSPS) is 11.1. The van der Waals surface area contributed by atoms with Crippen LogP contribution in [0, 0.1) is 0 Å². The summed E-state index contributed by atoms with van der Waals surface area (Å²) >= 11 is 0. The topological polar surface area (TPSA) is 40.1 Å².